The summed E-state index contributed by atoms with van der Waals surface area (Å²) in [6, 6.07) is 4.05. The smallest absolute Gasteiger partial charge is 0.240 e. The molecule has 2 atom stereocenters. The van der Waals surface area contributed by atoms with E-state index in [0.717, 1.165) is 19.4 Å². The average molecular weight is 252 g/mol. The van der Waals surface area contributed by atoms with E-state index in [1.807, 2.05) is 11.0 Å². The van der Waals surface area contributed by atoms with Crippen LogP contribution in [0.4, 0.5) is 0 Å². The molecule has 1 aromatic rings. The van der Waals surface area contributed by atoms with Gasteiger partial charge in [-0.25, -0.2) is 0 Å². The van der Waals surface area contributed by atoms with Crippen LogP contribution < -0.4 is 5.73 Å². The maximum absolute atomic E-state index is 12.2. The van der Waals surface area contributed by atoms with Gasteiger partial charge in [0.05, 0.1) is 12.1 Å². The Labute approximate surface area is 107 Å². The van der Waals surface area contributed by atoms with Crippen molar-refractivity contribution in [2.75, 3.05) is 6.54 Å². The minimum absolute atomic E-state index is 0.114. The molecular weight excluding hydrogens is 232 g/mol. The first-order valence-corrected chi connectivity index (χ1v) is 7.08. The van der Waals surface area contributed by atoms with Crippen LogP contribution >= 0.6 is 11.3 Å². The SMILES string of the molecule is CC(C)C(c1cccs1)N1CCCC(N)C1=O. The maximum atomic E-state index is 12.2. The predicted octanol–water partition coefficient (Wildman–Crippen LogP) is 2.39. The number of rotatable bonds is 3. The number of piperidine rings is 1. The second kappa shape index (κ2) is 5.19. The highest BCUT2D eigenvalue weighted by molar-refractivity contribution is 7.10. The molecule has 17 heavy (non-hydrogen) atoms. The standard InChI is InChI=1S/C13H20N2OS/c1-9(2)12(11-6-4-8-17-11)15-7-3-5-10(14)13(15)16/h4,6,8-10,12H,3,5,7,14H2,1-2H3. The van der Waals surface area contributed by atoms with Crippen molar-refractivity contribution in [2.45, 2.75) is 38.8 Å². The van der Waals surface area contributed by atoms with Gasteiger partial charge in [-0.2, -0.15) is 0 Å². The summed E-state index contributed by atoms with van der Waals surface area (Å²) in [6.45, 7) is 5.17. The summed E-state index contributed by atoms with van der Waals surface area (Å²) in [7, 11) is 0. The second-order valence-corrected chi connectivity index (χ2v) is 5.96. The summed E-state index contributed by atoms with van der Waals surface area (Å²) in [5.74, 6) is 0.534. The lowest BCUT2D eigenvalue weighted by Crippen LogP contribution is -2.50. The minimum atomic E-state index is -0.301. The Morgan fingerprint density at radius 3 is 2.88 bits per heavy atom. The van der Waals surface area contributed by atoms with Crippen molar-refractivity contribution < 1.29 is 4.79 Å². The van der Waals surface area contributed by atoms with Crippen molar-refractivity contribution in [3.8, 4) is 0 Å². The first-order valence-electron chi connectivity index (χ1n) is 6.20. The third-order valence-electron chi connectivity index (χ3n) is 3.32. The summed E-state index contributed by atoms with van der Waals surface area (Å²) in [6.07, 6.45) is 1.84. The van der Waals surface area contributed by atoms with Crippen molar-refractivity contribution in [1.82, 2.24) is 4.90 Å². The molecule has 0 aliphatic carbocycles. The Morgan fingerprint density at radius 1 is 1.53 bits per heavy atom. The first-order chi connectivity index (χ1) is 8.11. The topological polar surface area (TPSA) is 46.3 Å². The van der Waals surface area contributed by atoms with Crippen LogP contribution in [0.3, 0.4) is 0 Å². The average Bonchev–Trinajstić information content (AvgIpc) is 2.77. The largest absolute Gasteiger partial charge is 0.333 e. The van der Waals surface area contributed by atoms with Gasteiger partial charge in [0.25, 0.3) is 0 Å². The molecule has 2 N–H and O–H groups in total. The molecule has 0 bridgehead atoms. The Balaban J connectivity index is 2.24. The summed E-state index contributed by atoms with van der Waals surface area (Å²) >= 11 is 1.72. The summed E-state index contributed by atoms with van der Waals surface area (Å²) in [4.78, 5) is 15.4. The zero-order valence-electron chi connectivity index (χ0n) is 10.4. The predicted molar refractivity (Wildman–Crippen MR) is 70.8 cm³/mol. The van der Waals surface area contributed by atoms with Gasteiger partial charge >= 0.3 is 0 Å². The molecule has 0 spiro atoms. The van der Waals surface area contributed by atoms with Gasteiger partial charge in [-0.3, -0.25) is 4.79 Å². The molecule has 1 amide bonds. The van der Waals surface area contributed by atoms with Crippen LogP contribution in [0.2, 0.25) is 0 Å². The third kappa shape index (κ3) is 2.53. The van der Waals surface area contributed by atoms with Crippen LogP contribution in [0.25, 0.3) is 0 Å². The van der Waals surface area contributed by atoms with Gasteiger partial charge in [-0.05, 0) is 30.2 Å². The summed E-state index contributed by atoms with van der Waals surface area (Å²) < 4.78 is 0. The lowest BCUT2D eigenvalue weighted by Gasteiger charge is -2.38. The monoisotopic (exact) mass is 252 g/mol. The number of carbonyl (C=O) groups is 1. The molecule has 4 heteroatoms. The Bertz CT molecular complexity index is 375. The Hall–Kier alpha value is -0.870. The molecule has 94 valence electrons. The molecule has 0 saturated carbocycles. The number of hydrogen-bond acceptors (Lipinski definition) is 3. The van der Waals surface area contributed by atoms with Crippen LogP contribution in [-0.4, -0.2) is 23.4 Å². The highest BCUT2D eigenvalue weighted by atomic mass is 32.1. The van der Waals surface area contributed by atoms with Crippen LogP contribution in [0.15, 0.2) is 17.5 Å². The fourth-order valence-electron chi connectivity index (χ4n) is 2.51. The van der Waals surface area contributed by atoms with E-state index < -0.39 is 0 Å². The van der Waals surface area contributed by atoms with E-state index in [4.69, 9.17) is 5.73 Å². The number of nitrogens with two attached hydrogens (primary N) is 1. The summed E-state index contributed by atoms with van der Waals surface area (Å²) in [5.41, 5.74) is 5.87. The fourth-order valence-corrected chi connectivity index (χ4v) is 3.52. The molecule has 1 fully saturated rings. The molecule has 2 unspecified atom stereocenters. The highest BCUT2D eigenvalue weighted by Crippen LogP contribution is 2.33. The second-order valence-electron chi connectivity index (χ2n) is 4.98. The number of likely N-dealkylation sites (tertiary alicyclic amines) is 1. The number of thiophene rings is 1. The molecule has 2 rings (SSSR count). The van der Waals surface area contributed by atoms with Gasteiger partial charge in [0.15, 0.2) is 0 Å². The molecule has 1 aliphatic rings. The molecule has 1 aliphatic heterocycles. The van der Waals surface area contributed by atoms with E-state index in [2.05, 4.69) is 25.3 Å². The molecule has 0 aromatic carbocycles. The lowest BCUT2D eigenvalue weighted by atomic mass is 9.96. The van der Waals surface area contributed by atoms with Crippen LogP contribution in [0.5, 0.6) is 0 Å². The van der Waals surface area contributed by atoms with Crippen LogP contribution in [0.1, 0.15) is 37.6 Å². The van der Waals surface area contributed by atoms with E-state index >= 15 is 0 Å². The fraction of sp³-hybridized carbons (Fsp3) is 0.615. The van der Waals surface area contributed by atoms with Crippen molar-refractivity contribution in [2.24, 2.45) is 11.7 Å². The zero-order valence-corrected chi connectivity index (χ0v) is 11.2. The highest BCUT2D eigenvalue weighted by Gasteiger charge is 2.33. The van der Waals surface area contributed by atoms with Gasteiger partial charge in [-0.15, -0.1) is 11.3 Å². The van der Waals surface area contributed by atoms with Crippen molar-refractivity contribution in [3.05, 3.63) is 22.4 Å². The third-order valence-corrected chi connectivity index (χ3v) is 4.26. The maximum Gasteiger partial charge on any atom is 0.240 e. The van der Waals surface area contributed by atoms with E-state index in [0.29, 0.717) is 5.92 Å². The Morgan fingerprint density at radius 2 is 2.29 bits per heavy atom. The number of hydrogen-bond donors (Lipinski definition) is 1. The van der Waals surface area contributed by atoms with Crippen molar-refractivity contribution in [1.29, 1.82) is 0 Å². The van der Waals surface area contributed by atoms with E-state index in [-0.39, 0.29) is 18.0 Å². The quantitative estimate of drug-likeness (QED) is 0.898. The van der Waals surface area contributed by atoms with Gasteiger partial charge in [0.2, 0.25) is 5.91 Å². The lowest BCUT2D eigenvalue weighted by molar-refractivity contribution is -0.138. The molecule has 3 nitrogen and oxygen atoms in total. The van der Waals surface area contributed by atoms with E-state index in [1.165, 1.54) is 4.88 Å². The zero-order chi connectivity index (χ0) is 12.4. The van der Waals surface area contributed by atoms with Gasteiger partial charge < -0.3 is 10.6 Å². The van der Waals surface area contributed by atoms with E-state index in [1.54, 1.807) is 11.3 Å². The molecule has 0 radical (unpaired) electrons. The van der Waals surface area contributed by atoms with Gasteiger partial charge in [0, 0.05) is 11.4 Å². The molecular formula is C13H20N2OS. The summed E-state index contributed by atoms with van der Waals surface area (Å²) in [5, 5.41) is 2.07. The van der Waals surface area contributed by atoms with Gasteiger partial charge in [-0.1, -0.05) is 19.9 Å². The van der Waals surface area contributed by atoms with Crippen molar-refractivity contribution in [3.63, 3.8) is 0 Å². The number of amides is 1. The molecule has 1 aromatic heterocycles. The van der Waals surface area contributed by atoms with Crippen molar-refractivity contribution >= 4 is 17.2 Å². The Kier molecular flexibility index (Phi) is 3.84. The first kappa shape index (κ1) is 12.6. The van der Waals surface area contributed by atoms with Gasteiger partial charge in [0.1, 0.15) is 0 Å². The molecule has 2 heterocycles. The minimum Gasteiger partial charge on any atom is -0.333 e. The van der Waals surface area contributed by atoms with E-state index in [9.17, 15) is 4.79 Å². The number of carbonyl (C=O) groups excluding carboxylic acids is 1. The van der Waals surface area contributed by atoms with Crippen LogP contribution in [0, 0.1) is 5.92 Å². The number of nitrogens with zero attached hydrogens (tertiary/aromatic N) is 1. The van der Waals surface area contributed by atoms with Crippen LogP contribution in [-0.2, 0) is 4.79 Å². The molecule has 1 saturated heterocycles. The normalized spacial score (nSPS) is 23.2.